The van der Waals surface area contributed by atoms with Crippen LogP contribution in [0.3, 0.4) is 0 Å². The normalized spacial score (nSPS) is 13.6. The fraction of sp³-hybridized carbons (Fsp3) is 0.379. The standard InChI is InChI=1S/C29H36O7/c1-18(2)27(30)35-21(6)32-20(5)33-25-14-10-23(11-15-25)29(8,9)24-12-16-26(17-13-24)34-22(7)36-28(31)19(3)4/h10-17,20-22H,1,3H2,2,4-9H3. The van der Waals surface area contributed by atoms with Crippen molar-refractivity contribution in [2.45, 2.75) is 72.8 Å². The number of benzene rings is 2. The van der Waals surface area contributed by atoms with Gasteiger partial charge in [0, 0.05) is 23.5 Å². The van der Waals surface area contributed by atoms with Crippen molar-refractivity contribution in [1.29, 1.82) is 0 Å². The summed E-state index contributed by atoms with van der Waals surface area (Å²) in [6.45, 7) is 19.5. The molecule has 0 aliphatic carbocycles. The Bertz CT molecular complexity index is 1070. The van der Waals surface area contributed by atoms with Crippen molar-refractivity contribution >= 4 is 11.9 Å². The Hall–Kier alpha value is -3.58. The molecule has 7 nitrogen and oxygen atoms in total. The van der Waals surface area contributed by atoms with Crippen LogP contribution in [0, 0.1) is 0 Å². The molecule has 2 aromatic rings. The molecule has 0 fully saturated rings. The van der Waals surface area contributed by atoms with Crippen LogP contribution in [0.2, 0.25) is 0 Å². The number of ether oxygens (including phenoxy) is 5. The first-order chi connectivity index (χ1) is 16.8. The Balaban J connectivity index is 1.98. The Morgan fingerprint density at radius 3 is 1.42 bits per heavy atom. The van der Waals surface area contributed by atoms with E-state index in [2.05, 4.69) is 27.0 Å². The van der Waals surface area contributed by atoms with Crippen molar-refractivity contribution in [3.63, 3.8) is 0 Å². The summed E-state index contributed by atoms with van der Waals surface area (Å²) in [6.07, 6.45) is -2.12. The number of hydrogen-bond donors (Lipinski definition) is 0. The van der Waals surface area contributed by atoms with Gasteiger partial charge in [-0.25, -0.2) is 9.59 Å². The van der Waals surface area contributed by atoms with Gasteiger partial charge in [0.25, 0.3) is 0 Å². The maximum Gasteiger partial charge on any atom is 0.336 e. The third kappa shape index (κ3) is 8.27. The summed E-state index contributed by atoms with van der Waals surface area (Å²) in [5, 5.41) is 0. The van der Waals surface area contributed by atoms with E-state index in [-0.39, 0.29) is 5.41 Å². The van der Waals surface area contributed by atoms with E-state index in [1.54, 1.807) is 34.6 Å². The zero-order valence-corrected chi connectivity index (χ0v) is 22.1. The van der Waals surface area contributed by atoms with Crippen molar-refractivity contribution in [3.8, 4) is 11.5 Å². The highest BCUT2D eigenvalue weighted by atomic mass is 16.8. The fourth-order valence-electron chi connectivity index (χ4n) is 3.30. The summed E-state index contributed by atoms with van der Waals surface area (Å²) in [4.78, 5) is 23.2. The Morgan fingerprint density at radius 2 is 1.03 bits per heavy atom. The molecule has 36 heavy (non-hydrogen) atoms. The lowest BCUT2D eigenvalue weighted by Crippen LogP contribution is -2.26. The monoisotopic (exact) mass is 496 g/mol. The number of rotatable bonds is 12. The van der Waals surface area contributed by atoms with E-state index in [0.717, 1.165) is 11.1 Å². The van der Waals surface area contributed by atoms with Crippen molar-refractivity contribution in [3.05, 3.63) is 84.0 Å². The molecular weight excluding hydrogens is 460 g/mol. The van der Waals surface area contributed by atoms with Gasteiger partial charge < -0.3 is 23.7 Å². The first kappa shape index (κ1) is 28.7. The van der Waals surface area contributed by atoms with Crippen molar-refractivity contribution < 1.29 is 33.3 Å². The average molecular weight is 497 g/mol. The molecule has 0 saturated carbocycles. The molecule has 0 N–H and O–H groups in total. The maximum absolute atomic E-state index is 11.6. The topological polar surface area (TPSA) is 80.3 Å². The predicted octanol–water partition coefficient (Wildman–Crippen LogP) is 6.06. The van der Waals surface area contributed by atoms with Crippen LogP contribution >= 0.6 is 0 Å². The molecule has 0 spiro atoms. The molecule has 0 amide bonds. The zero-order chi connectivity index (χ0) is 27.0. The highest BCUT2D eigenvalue weighted by Crippen LogP contribution is 2.33. The molecule has 0 radical (unpaired) electrons. The number of esters is 2. The van der Waals surface area contributed by atoms with E-state index in [9.17, 15) is 9.59 Å². The van der Waals surface area contributed by atoms with Crippen LogP contribution in [0.25, 0.3) is 0 Å². The van der Waals surface area contributed by atoms with Gasteiger partial charge in [-0.3, -0.25) is 0 Å². The second-order valence-corrected chi connectivity index (χ2v) is 9.12. The first-order valence-electron chi connectivity index (χ1n) is 11.7. The predicted molar refractivity (Wildman–Crippen MR) is 138 cm³/mol. The van der Waals surface area contributed by atoms with Crippen molar-refractivity contribution in [2.24, 2.45) is 0 Å². The lowest BCUT2D eigenvalue weighted by Gasteiger charge is -2.27. The highest BCUT2D eigenvalue weighted by molar-refractivity contribution is 5.87. The van der Waals surface area contributed by atoms with Gasteiger partial charge in [0.15, 0.2) is 0 Å². The lowest BCUT2D eigenvalue weighted by atomic mass is 9.78. The van der Waals surface area contributed by atoms with Crippen LogP contribution in [0.4, 0.5) is 0 Å². The summed E-state index contributed by atoms with van der Waals surface area (Å²) in [6, 6.07) is 15.4. The molecule has 0 aliphatic heterocycles. The number of hydrogen-bond acceptors (Lipinski definition) is 7. The minimum absolute atomic E-state index is 0.289. The van der Waals surface area contributed by atoms with Crippen LogP contribution in [0.1, 0.15) is 59.6 Å². The molecule has 2 rings (SSSR count). The molecule has 0 aromatic heterocycles. The Kier molecular flexibility index (Phi) is 9.87. The summed E-state index contributed by atoms with van der Waals surface area (Å²) in [7, 11) is 0. The van der Waals surface area contributed by atoms with E-state index >= 15 is 0 Å². The minimum atomic E-state index is -0.768. The smallest absolute Gasteiger partial charge is 0.336 e. The Labute approximate surface area is 213 Å². The second kappa shape index (κ2) is 12.4. The van der Waals surface area contributed by atoms with Gasteiger partial charge in [0.2, 0.25) is 18.9 Å². The van der Waals surface area contributed by atoms with Gasteiger partial charge in [-0.1, -0.05) is 51.3 Å². The molecule has 3 unspecified atom stereocenters. The zero-order valence-electron chi connectivity index (χ0n) is 22.1. The van der Waals surface area contributed by atoms with Crippen molar-refractivity contribution in [2.75, 3.05) is 0 Å². The van der Waals surface area contributed by atoms with Crippen molar-refractivity contribution in [1.82, 2.24) is 0 Å². The van der Waals surface area contributed by atoms with Gasteiger partial charge in [0.05, 0.1) is 0 Å². The molecular formula is C29H36O7. The van der Waals surface area contributed by atoms with Gasteiger partial charge in [-0.05, 0) is 63.1 Å². The third-order valence-corrected chi connectivity index (χ3v) is 5.38. The molecule has 2 aromatic carbocycles. The van der Waals surface area contributed by atoms with Crippen LogP contribution in [0.15, 0.2) is 72.8 Å². The van der Waals surface area contributed by atoms with E-state index in [4.69, 9.17) is 23.7 Å². The highest BCUT2D eigenvalue weighted by Gasteiger charge is 2.24. The van der Waals surface area contributed by atoms with E-state index < -0.39 is 30.8 Å². The molecule has 0 bridgehead atoms. The van der Waals surface area contributed by atoms with E-state index in [0.29, 0.717) is 22.6 Å². The lowest BCUT2D eigenvalue weighted by molar-refractivity contribution is -0.205. The minimum Gasteiger partial charge on any atom is -0.465 e. The maximum atomic E-state index is 11.6. The van der Waals surface area contributed by atoms with Gasteiger partial charge >= 0.3 is 11.9 Å². The number of carbonyl (C=O) groups excluding carboxylic acids is 2. The van der Waals surface area contributed by atoms with E-state index in [1.165, 1.54) is 0 Å². The molecule has 0 heterocycles. The second-order valence-electron chi connectivity index (χ2n) is 9.12. The molecule has 7 heteroatoms. The summed E-state index contributed by atoms with van der Waals surface area (Å²) in [5.41, 5.74) is 2.50. The Morgan fingerprint density at radius 1 is 0.667 bits per heavy atom. The third-order valence-electron chi connectivity index (χ3n) is 5.38. The van der Waals surface area contributed by atoms with Gasteiger partial charge in [-0.15, -0.1) is 0 Å². The summed E-state index contributed by atoms with van der Waals surface area (Å²) >= 11 is 0. The fourth-order valence-corrected chi connectivity index (χ4v) is 3.30. The van der Waals surface area contributed by atoms with Crippen LogP contribution in [-0.2, 0) is 29.2 Å². The largest absolute Gasteiger partial charge is 0.465 e. The van der Waals surface area contributed by atoms with Gasteiger partial charge in [-0.2, -0.15) is 0 Å². The molecule has 0 aliphatic rings. The van der Waals surface area contributed by atoms with Crippen LogP contribution < -0.4 is 9.47 Å². The average Bonchev–Trinajstić information content (AvgIpc) is 2.79. The van der Waals surface area contributed by atoms with Crippen LogP contribution in [0.5, 0.6) is 11.5 Å². The molecule has 3 atom stereocenters. The van der Waals surface area contributed by atoms with Gasteiger partial charge in [0.1, 0.15) is 11.5 Å². The summed E-state index contributed by atoms with van der Waals surface area (Å²) < 4.78 is 27.3. The van der Waals surface area contributed by atoms with Crippen LogP contribution in [-0.4, -0.2) is 30.8 Å². The quantitative estimate of drug-likeness (QED) is 0.201. The van der Waals surface area contributed by atoms with E-state index in [1.807, 2.05) is 48.5 Å². The molecule has 194 valence electrons. The SMILES string of the molecule is C=C(C)C(=O)OC(C)Oc1ccc(C(C)(C)c2ccc(OC(C)OC(C)OC(=O)C(=C)C)cc2)cc1. The number of carbonyl (C=O) groups is 2. The first-order valence-corrected chi connectivity index (χ1v) is 11.7. The molecule has 0 saturated heterocycles. The summed E-state index contributed by atoms with van der Waals surface area (Å²) in [5.74, 6) is 0.218.